The van der Waals surface area contributed by atoms with Crippen molar-refractivity contribution in [2.75, 3.05) is 6.54 Å². The maximum Gasteiger partial charge on any atom is 0.142 e. The van der Waals surface area contributed by atoms with Gasteiger partial charge in [0.2, 0.25) is 0 Å². The Morgan fingerprint density at radius 2 is 2.00 bits per heavy atom. The molecule has 0 aromatic carbocycles. The molecule has 4 heteroatoms. The highest BCUT2D eigenvalue weighted by atomic mass is 32.1. The molecule has 0 bridgehead atoms. The molecule has 2 rings (SSSR count). The fraction of sp³-hybridized carbons (Fsp3) is 0.500. The summed E-state index contributed by atoms with van der Waals surface area (Å²) in [7, 11) is 0. The van der Waals surface area contributed by atoms with Gasteiger partial charge in [-0.25, -0.2) is 4.98 Å². The van der Waals surface area contributed by atoms with E-state index in [1.165, 1.54) is 10.6 Å². The first kappa shape index (κ1) is 15.1. The number of nitrogens with zero attached hydrogens (tertiary/aromatic N) is 2. The minimum Gasteiger partial charge on any atom is -0.312 e. The van der Waals surface area contributed by atoms with E-state index in [4.69, 9.17) is 4.98 Å². The molecule has 0 fully saturated rings. The lowest BCUT2D eigenvalue weighted by Gasteiger charge is -2.02. The van der Waals surface area contributed by atoms with Crippen molar-refractivity contribution in [1.82, 2.24) is 15.3 Å². The van der Waals surface area contributed by atoms with Crippen LogP contribution in [-0.2, 0) is 13.0 Å². The maximum absolute atomic E-state index is 4.81. The predicted octanol–water partition coefficient (Wildman–Crippen LogP) is 3.97. The summed E-state index contributed by atoms with van der Waals surface area (Å²) < 4.78 is 0. The van der Waals surface area contributed by atoms with Gasteiger partial charge in [-0.3, -0.25) is 4.98 Å². The molecule has 0 aliphatic rings. The predicted molar refractivity (Wildman–Crippen MR) is 86.1 cm³/mol. The van der Waals surface area contributed by atoms with Crippen molar-refractivity contribution in [3.05, 3.63) is 34.5 Å². The minimum atomic E-state index is 0.923. The van der Waals surface area contributed by atoms with Crippen LogP contribution in [0.15, 0.2) is 18.2 Å². The Morgan fingerprint density at radius 1 is 1.15 bits per heavy atom. The first-order chi connectivity index (χ1) is 9.74. The average molecular weight is 289 g/mol. The normalized spacial score (nSPS) is 10.9. The van der Waals surface area contributed by atoms with Crippen LogP contribution < -0.4 is 5.32 Å². The van der Waals surface area contributed by atoms with Crippen LogP contribution in [0.5, 0.6) is 0 Å². The molecule has 1 N–H and O–H groups in total. The second kappa shape index (κ2) is 7.50. The molecule has 2 heterocycles. The van der Waals surface area contributed by atoms with Crippen LogP contribution in [0.1, 0.15) is 43.0 Å². The molecule has 3 nitrogen and oxygen atoms in total. The lowest BCUT2D eigenvalue weighted by atomic mass is 10.2. The summed E-state index contributed by atoms with van der Waals surface area (Å²) in [4.78, 5) is 10.7. The van der Waals surface area contributed by atoms with Gasteiger partial charge in [0.1, 0.15) is 5.01 Å². The van der Waals surface area contributed by atoms with Crippen LogP contribution in [0.25, 0.3) is 10.7 Å². The number of pyridine rings is 1. The Balaban J connectivity index is 2.23. The van der Waals surface area contributed by atoms with Gasteiger partial charge in [0.15, 0.2) is 0 Å². The number of rotatable bonds is 7. The van der Waals surface area contributed by atoms with Crippen LogP contribution in [0.3, 0.4) is 0 Å². The van der Waals surface area contributed by atoms with Crippen molar-refractivity contribution in [3.63, 3.8) is 0 Å². The van der Waals surface area contributed by atoms with E-state index in [0.717, 1.165) is 48.7 Å². The third-order valence-electron chi connectivity index (χ3n) is 3.08. The summed E-state index contributed by atoms with van der Waals surface area (Å²) in [6.07, 6.45) is 3.34. The first-order valence-corrected chi connectivity index (χ1v) is 8.19. The Kier molecular flexibility index (Phi) is 5.68. The van der Waals surface area contributed by atoms with Crippen molar-refractivity contribution >= 4 is 11.3 Å². The van der Waals surface area contributed by atoms with Gasteiger partial charge in [-0.1, -0.05) is 26.3 Å². The van der Waals surface area contributed by atoms with Crippen LogP contribution in [0.2, 0.25) is 0 Å². The number of aryl methyl sites for hydroxylation is 2. The summed E-state index contributed by atoms with van der Waals surface area (Å²) >= 11 is 1.78. The molecule has 2 aromatic rings. The molecule has 0 spiro atoms. The quantitative estimate of drug-likeness (QED) is 0.784. The van der Waals surface area contributed by atoms with E-state index >= 15 is 0 Å². The van der Waals surface area contributed by atoms with Gasteiger partial charge in [-0.05, 0) is 38.4 Å². The molecule has 0 amide bonds. The van der Waals surface area contributed by atoms with Gasteiger partial charge < -0.3 is 5.32 Å². The minimum absolute atomic E-state index is 0.923. The van der Waals surface area contributed by atoms with Gasteiger partial charge in [0.05, 0.1) is 11.4 Å². The second-order valence-corrected chi connectivity index (χ2v) is 6.06. The molecule has 0 radical (unpaired) electrons. The zero-order chi connectivity index (χ0) is 14.4. The average Bonchev–Trinajstić information content (AvgIpc) is 2.83. The van der Waals surface area contributed by atoms with Crippen molar-refractivity contribution in [2.24, 2.45) is 0 Å². The fourth-order valence-electron chi connectivity index (χ4n) is 2.10. The van der Waals surface area contributed by atoms with Crippen LogP contribution in [0, 0.1) is 6.92 Å². The van der Waals surface area contributed by atoms with Crippen LogP contribution >= 0.6 is 11.3 Å². The van der Waals surface area contributed by atoms with Crippen molar-refractivity contribution in [3.8, 4) is 10.7 Å². The van der Waals surface area contributed by atoms with E-state index < -0.39 is 0 Å². The highest BCUT2D eigenvalue weighted by Crippen LogP contribution is 2.27. The van der Waals surface area contributed by atoms with Crippen molar-refractivity contribution in [1.29, 1.82) is 0 Å². The van der Waals surface area contributed by atoms with Gasteiger partial charge in [-0.2, -0.15) is 0 Å². The Hall–Kier alpha value is -1.26. The number of hydrogen-bond donors (Lipinski definition) is 1. The van der Waals surface area contributed by atoms with Gasteiger partial charge in [0.25, 0.3) is 0 Å². The third kappa shape index (κ3) is 3.87. The molecule has 20 heavy (non-hydrogen) atoms. The molecule has 0 saturated heterocycles. The number of hydrogen-bond acceptors (Lipinski definition) is 4. The maximum atomic E-state index is 4.81. The standard InChI is InChI=1S/C16H23N3S/c1-4-7-13-15(11-17-10-5-2)20-16(19-13)14-9-6-8-12(3)18-14/h6,8-9,17H,4-5,7,10-11H2,1-3H3. The zero-order valence-corrected chi connectivity index (χ0v) is 13.4. The van der Waals surface area contributed by atoms with Gasteiger partial charge >= 0.3 is 0 Å². The van der Waals surface area contributed by atoms with Crippen LogP contribution in [-0.4, -0.2) is 16.5 Å². The van der Waals surface area contributed by atoms with E-state index in [1.807, 2.05) is 25.1 Å². The Bertz CT molecular complexity index is 548. The van der Waals surface area contributed by atoms with Crippen molar-refractivity contribution < 1.29 is 0 Å². The van der Waals surface area contributed by atoms with E-state index in [-0.39, 0.29) is 0 Å². The Labute approximate surface area is 125 Å². The lowest BCUT2D eigenvalue weighted by Crippen LogP contribution is -2.13. The molecule has 0 aliphatic carbocycles. The monoisotopic (exact) mass is 289 g/mol. The summed E-state index contributed by atoms with van der Waals surface area (Å²) in [6, 6.07) is 6.12. The van der Waals surface area contributed by atoms with Gasteiger partial charge in [-0.15, -0.1) is 11.3 Å². The molecular weight excluding hydrogens is 266 g/mol. The van der Waals surface area contributed by atoms with Crippen molar-refractivity contribution in [2.45, 2.75) is 46.6 Å². The molecule has 108 valence electrons. The smallest absolute Gasteiger partial charge is 0.142 e. The third-order valence-corrected chi connectivity index (χ3v) is 4.20. The number of thiazole rings is 1. The number of aromatic nitrogens is 2. The molecule has 2 aromatic heterocycles. The first-order valence-electron chi connectivity index (χ1n) is 7.38. The van der Waals surface area contributed by atoms with Gasteiger partial charge in [0, 0.05) is 17.1 Å². The van der Waals surface area contributed by atoms with E-state index in [2.05, 4.69) is 24.1 Å². The highest BCUT2D eigenvalue weighted by molar-refractivity contribution is 7.15. The second-order valence-electron chi connectivity index (χ2n) is 4.98. The molecule has 0 aliphatic heterocycles. The fourth-order valence-corrected chi connectivity index (χ4v) is 3.15. The number of nitrogens with one attached hydrogen (secondary N) is 1. The molecule has 0 unspecified atom stereocenters. The summed E-state index contributed by atoms with van der Waals surface area (Å²) in [5.74, 6) is 0. The van der Waals surface area contributed by atoms with E-state index in [9.17, 15) is 0 Å². The molecular formula is C16H23N3S. The SMILES string of the molecule is CCCNCc1sc(-c2cccc(C)n2)nc1CCC. The molecule has 0 atom stereocenters. The lowest BCUT2D eigenvalue weighted by molar-refractivity contribution is 0.674. The molecule has 0 saturated carbocycles. The topological polar surface area (TPSA) is 37.8 Å². The zero-order valence-electron chi connectivity index (χ0n) is 12.6. The summed E-state index contributed by atoms with van der Waals surface area (Å²) in [5, 5.41) is 4.52. The van der Waals surface area contributed by atoms with Crippen LogP contribution in [0.4, 0.5) is 0 Å². The largest absolute Gasteiger partial charge is 0.312 e. The van der Waals surface area contributed by atoms with E-state index in [0.29, 0.717) is 0 Å². The summed E-state index contributed by atoms with van der Waals surface area (Å²) in [5.41, 5.74) is 3.27. The van der Waals surface area contributed by atoms with E-state index in [1.54, 1.807) is 11.3 Å². The summed E-state index contributed by atoms with van der Waals surface area (Å²) in [6.45, 7) is 8.39. The highest BCUT2D eigenvalue weighted by Gasteiger charge is 2.12. The Morgan fingerprint density at radius 3 is 2.70 bits per heavy atom.